The first-order chi connectivity index (χ1) is 9.06. The average molecular weight is 305 g/mol. The Kier molecular flexibility index (Phi) is 7.42. The highest BCUT2D eigenvalue weighted by molar-refractivity contribution is 6.33. The molecule has 6 heteroatoms. The van der Waals surface area contributed by atoms with Crippen LogP contribution in [0.3, 0.4) is 0 Å². The molecule has 19 heavy (non-hydrogen) atoms. The van der Waals surface area contributed by atoms with Crippen molar-refractivity contribution >= 4 is 29.0 Å². The highest BCUT2D eigenvalue weighted by atomic mass is 35.5. The van der Waals surface area contributed by atoms with Crippen LogP contribution >= 0.6 is 23.2 Å². The van der Waals surface area contributed by atoms with E-state index in [0.717, 1.165) is 32.5 Å². The number of aromatic nitrogens is 2. The van der Waals surface area contributed by atoms with Crippen molar-refractivity contribution in [2.45, 2.75) is 39.7 Å². The summed E-state index contributed by atoms with van der Waals surface area (Å²) in [7, 11) is 0. The zero-order valence-electron chi connectivity index (χ0n) is 11.8. The molecule has 1 atom stereocenters. The third-order valence-corrected chi connectivity index (χ3v) is 3.56. The van der Waals surface area contributed by atoms with Gasteiger partial charge in [0.25, 0.3) is 0 Å². The maximum atomic E-state index is 6.02. The standard InChI is InChI=1S/C13H22Cl2N4/c1-4-19(5-2)8-6-7-10(3)17-12-11(14)9-16-13(15)18-12/h9-10H,4-8H2,1-3H3,(H,16,17,18). The molecule has 1 unspecified atom stereocenters. The third-order valence-electron chi connectivity index (χ3n) is 3.10. The van der Waals surface area contributed by atoms with Crippen LogP contribution in [0.2, 0.25) is 10.3 Å². The molecule has 0 saturated carbocycles. The predicted molar refractivity (Wildman–Crippen MR) is 82.2 cm³/mol. The molecule has 0 spiro atoms. The van der Waals surface area contributed by atoms with E-state index in [1.165, 1.54) is 6.20 Å². The summed E-state index contributed by atoms with van der Waals surface area (Å²) in [4.78, 5) is 10.3. The third kappa shape index (κ3) is 5.93. The zero-order valence-corrected chi connectivity index (χ0v) is 13.3. The zero-order chi connectivity index (χ0) is 14.3. The minimum absolute atomic E-state index is 0.210. The van der Waals surface area contributed by atoms with Crippen molar-refractivity contribution in [3.05, 3.63) is 16.5 Å². The molecular weight excluding hydrogens is 283 g/mol. The Morgan fingerprint density at radius 1 is 1.32 bits per heavy atom. The van der Waals surface area contributed by atoms with Crippen molar-refractivity contribution in [3.63, 3.8) is 0 Å². The molecule has 4 nitrogen and oxygen atoms in total. The molecule has 1 aromatic heterocycles. The van der Waals surface area contributed by atoms with Gasteiger partial charge in [-0.25, -0.2) is 4.98 Å². The van der Waals surface area contributed by atoms with Crippen LogP contribution in [0, 0.1) is 0 Å². The summed E-state index contributed by atoms with van der Waals surface area (Å²) < 4.78 is 0. The largest absolute Gasteiger partial charge is 0.366 e. The van der Waals surface area contributed by atoms with Crippen molar-refractivity contribution in [2.75, 3.05) is 25.0 Å². The van der Waals surface area contributed by atoms with Crippen LogP contribution in [0.1, 0.15) is 33.6 Å². The van der Waals surface area contributed by atoms with Crippen LogP contribution < -0.4 is 5.32 Å². The van der Waals surface area contributed by atoms with Crippen molar-refractivity contribution in [1.29, 1.82) is 0 Å². The summed E-state index contributed by atoms with van der Waals surface area (Å²) in [5.41, 5.74) is 0. The van der Waals surface area contributed by atoms with Gasteiger partial charge in [0.1, 0.15) is 10.8 Å². The minimum Gasteiger partial charge on any atom is -0.366 e. The summed E-state index contributed by atoms with van der Waals surface area (Å²) in [6, 6.07) is 0.305. The van der Waals surface area contributed by atoms with Gasteiger partial charge in [-0.1, -0.05) is 25.4 Å². The van der Waals surface area contributed by atoms with E-state index in [9.17, 15) is 0 Å². The normalized spacial score (nSPS) is 12.7. The number of nitrogens with zero attached hydrogens (tertiary/aromatic N) is 3. The molecule has 0 aromatic carbocycles. The van der Waals surface area contributed by atoms with Gasteiger partial charge in [-0.15, -0.1) is 0 Å². The summed E-state index contributed by atoms with van der Waals surface area (Å²) in [6.45, 7) is 9.82. The molecule has 0 aliphatic rings. The topological polar surface area (TPSA) is 41.0 Å². The average Bonchev–Trinajstić information content (AvgIpc) is 2.39. The molecule has 0 aliphatic carbocycles. The van der Waals surface area contributed by atoms with Gasteiger partial charge >= 0.3 is 0 Å². The summed E-state index contributed by atoms with van der Waals surface area (Å²) in [5.74, 6) is 0.608. The number of hydrogen-bond acceptors (Lipinski definition) is 4. The van der Waals surface area contributed by atoms with Gasteiger partial charge in [-0.2, -0.15) is 4.98 Å². The molecule has 1 rings (SSSR count). The SMILES string of the molecule is CCN(CC)CCCC(C)Nc1nc(Cl)ncc1Cl. The minimum atomic E-state index is 0.210. The Bertz CT molecular complexity index is 383. The lowest BCUT2D eigenvalue weighted by molar-refractivity contribution is 0.295. The van der Waals surface area contributed by atoms with E-state index in [1.54, 1.807) is 0 Å². The van der Waals surface area contributed by atoms with E-state index in [0.29, 0.717) is 16.9 Å². The Balaban J connectivity index is 2.38. The fraction of sp³-hybridized carbons (Fsp3) is 0.692. The monoisotopic (exact) mass is 304 g/mol. The van der Waals surface area contributed by atoms with E-state index >= 15 is 0 Å². The molecule has 108 valence electrons. The number of nitrogens with one attached hydrogen (secondary N) is 1. The molecule has 1 N–H and O–H groups in total. The van der Waals surface area contributed by atoms with E-state index in [-0.39, 0.29) is 5.28 Å². The second-order valence-corrected chi connectivity index (χ2v) is 5.30. The maximum absolute atomic E-state index is 6.02. The van der Waals surface area contributed by atoms with Gasteiger partial charge in [0.2, 0.25) is 5.28 Å². The van der Waals surface area contributed by atoms with Crippen LogP contribution in [0.25, 0.3) is 0 Å². The van der Waals surface area contributed by atoms with Gasteiger partial charge in [-0.3, -0.25) is 0 Å². The first kappa shape index (κ1) is 16.5. The van der Waals surface area contributed by atoms with Gasteiger partial charge in [-0.05, 0) is 51.0 Å². The maximum Gasteiger partial charge on any atom is 0.224 e. The second kappa shape index (κ2) is 8.56. The van der Waals surface area contributed by atoms with E-state index in [4.69, 9.17) is 23.2 Å². The Labute approximate surface area is 125 Å². The van der Waals surface area contributed by atoms with E-state index < -0.39 is 0 Å². The highest BCUT2D eigenvalue weighted by Gasteiger charge is 2.08. The lowest BCUT2D eigenvalue weighted by Gasteiger charge is -2.20. The van der Waals surface area contributed by atoms with Crippen LogP contribution in [0.4, 0.5) is 5.82 Å². The quantitative estimate of drug-likeness (QED) is 0.743. The van der Waals surface area contributed by atoms with E-state index in [1.807, 2.05) is 0 Å². The molecule has 0 aliphatic heterocycles. The summed E-state index contributed by atoms with van der Waals surface area (Å²) in [6.07, 6.45) is 3.72. The Hall–Kier alpha value is -0.580. The molecule has 0 saturated heterocycles. The molecule has 0 bridgehead atoms. The first-order valence-corrected chi connectivity index (χ1v) is 7.49. The molecule has 1 aromatic rings. The van der Waals surface area contributed by atoms with Crippen molar-refractivity contribution in [3.8, 4) is 0 Å². The number of halogens is 2. The summed E-state index contributed by atoms with van der Waals surface area (Å²) in [5, 5.41) is 3.99. The van der Waals surface area contributed by atoms with Gasteiger partial charge in [0.15, 0.2) is 0 Å². The number of anilines is 1. The molecule has 0 amide bonds. The number of hydrogen-bond donors (Lipinski definition) is 1. The molecule has 0 radical (unpaired) electrons. The molecule has 1 heterocycles. The van der Waals surface area contributed by atoms with Gasteiger partial charge in [0, 0.05) is 6.04 Å². The van der Waals surface area contributed by atoms with Crippen LogP contribution in [0.5, 0.6) is 0 Å². The first-order valence-electron chi connectivity index (χ1n) is 6.73. The predicted octanol–water partition coefficient (Wildman–Crippen LogP) is 3.71. The smallest absolute Gasteiger partial charge is 0.224 e. The number of rotatable bonds is 8. The van der Waals surface area contributed by atoms with Gasteiger partial charge in [0.05, 0.1) is 6.20 Å². The van der Waals surface area contributed by atoms with Crippen molar-refractivity contribution in [1.82, 2.24) is 14.9 Å². The second-order valence-electron chi connectivity index (χ2n) is 4.55. The molecular formula is C13H22Cl2N4. The van der Waals surface area contributed by atoms with Crippen molar-refractivity contribution < 1.29 is 0 Å². The Morgan fingerprint density at radius 3 is 2.63 bits per heavy atom. The van der Waals surface area contributed by atoms with Crippen molar-refractivity contribution in [2.24, 2.45) is 0 Å². The fourth-order valence-electron chi connectivity index (χ4n) is 1.91. The van der Waals surface area contributed by atoms with Crippen LogP contribution in [-0.2, 0) is 0 Å². The van der Waals surface area contributed by atoms with Crippen LogP contribution in [0.15, 0.2) is 6.20 Å². The molecule has 0 fully saturated rings. The fourth-order valence-corrected chi connectivity index (χ4v) is 2.19. The van der Waals surface area contributed by atoms with Gasteiger partial charge < -0.3 is 10.2 Å². The van der Waals surface area contributed by atoms with E-state index in [2.05, 4.69) is 41.0 Å². The van der Waals surface area contributed by atoms with Crippen LogP contribution in [-0.4, -0.2) is 40.5 Å². The summed E-state index contributed by atoms with van der Waals surface area (Å²) >= 11 is 11.8. The highest BCUT2D eigenvalue weighted by Crippen LogP contribution is 2.20. The lowest BCUT2D eigenvalue weighted by atomic mass is 10.1. The Morgan fingerprint density at radius 2 is 2.00 bits per heavy atom. The lowest BCUT2D eigenvalue weighted by Crippen LogP contribution is -2.25.